The quantitative estimate of drug-likeness (QED) is 0.603. The van der Waals surface area contributed by atoms with Crippen LogP contribution in [0.2, 0.25) is 0 Å². The van der Waals surface area contributed by atoms with Crippen molar-refractivity contribution in [3.8, 4) is 5.69 Å². The summed E-state index contributed by atoms with van der Waals surface area (Å²) in [6.07, 6.45) is 12.4. The van der Waals surface area contributed by atoms with Crippen molar-refractivity contribution in [2.24, 2.45) is 0 Å². The van der Waals surface area contributed by atoms with Crippen LogP contribution in [-0.2, 0) is 6.54 Å². The second kappa shape index (κ2) is 8.36. The number of imidazole rings is 1. The van der Waals surface area contributed by atoms with Crippen LogP contribution in [0.5, 0.6) is 0 Å². The maximum atomic E-state index is 4.12. The van der Waals surface area contributed by atoms with Crippen molar-refractivity contribution in [3.05, 3.63) is 71.6 Å². The van der Waals surface area contributed by atoms with Crippen LogP contribution in [0.25, 0.3) is 5.69 Å². The first-order chi connectivity index (χ1) is 13.6. The van der Waals surface area contributed by atoms with Gasteiger partial charge in [-0.15, -0.1) is 0 Å². The molecule has 4 nitrogen and oxygen atoms in total. The minimum absolute atomic E-state index is 0.314. The van der Waals surface area contributed by atoms with Crippen molar-refractivity contribution in [1.82, 2.24) is 19.4 Å². The summed E-state index contributed by atoms with van der Waals surface area (Å²) in [6.45, 7) is 7.72. The van der Waals surface area contributed by atoms with Crippen LogP contribution in [-0.4, -0.2) is 14.1 Å². The van der Waals surface area contributed by atoms with Crippen molar-refractivity contribution in [2.45, 2.75) is 71.5 Å². The number of nitrogens with one attached hydrogen (secondary N) is 1. The number of benzene rings is 1. The van der Waals surface area contributed by atoms with E-state index in [9.17, 15) is 0 Å². The molecule has 0 spiro atoms. The molecule has 1 atom stereocenters. The van der Waals surface area contributed by atoms with Crippen molar-refractivity contribution in [1.29, 1.82) is 0 Å². The Morgan fingerprint density at radius 1 is 1.11 bits per heavy atom. The van der Waals surface area contributed by atoms with E-state index < -0.39 is 0 Å². The molecule has 1 aliphatic carbocycles. The van der Waals surface area contributed by atoms with Gasteiger partial charge in [-0.25, -0.2) is 4.98 Å². The lowest BCUT2D eigenvalue weighted by atomic mass is 9.95. The molecule has 0 aliphatic heterocycles. The van der Waals surface area contributed by atoms with Crippen molar-refractivity contribution in [3.63, 3.8) is 0 Å². The van der Waals surface area contributed by atoms with Gasteiger partial charge in [-0.2, -0.15) is 0 Å². The first-order valence-electron chi connectivity index (χ1n) is 10.6. The molecule has 0 bridgehead atoms. The molecular weight excluding hydrogens is 344 g/mol. The lowest BCUT2D eigenvalue weighted by molar-refractivity contribution is 0.345. The number of rotatable bonds is 6. The van der Waals surface area contributed by atoms with Crippen LogP contribution in [0.3, 0.4) is 0 Å². The standard InChI is InChI=1S/C24H32N4/c1-18-15-22(20(3)28(18)24-7-5-4-6-8-24)16-26-19(2)21-9-11-23(12-10-21)27-14-13-25-17-27/h9-15,17,19,24,26H,4-8,16H2,1-3H3/t19-/m1/s1. The third-order valence-corrected chi connectivity index (χ3v) is 6.32. The van der Waals surface area contributed by atoms with Crippen LogP contribution < -0.4 is 5.32 Å². The topological polar surface area (TPSA) is 34.8 Å². The van der Waals surface area contributed by atoms with Gasteiger partial charge < -0.3 is 14.5 Å². The van der Waals surface area contributed by atoms with Gasteiger partial charge in [0.2, 0.25) is 0 Å². The Morgan fingerprint density at radius 3 is 2.54 bits per heavy atom. The van der Waals surface area contributed by atoms with E-state index >= 15 is 0 Å². The average molecular weight is 377 g/mol. The Labute approximate surface area is 168 Å². The molecule has 1 aromatic carbocycles. The molecule has 3 aromatic rings. The van der Waals surface area contributed by atoms with Gasteiger partial charge in [-0.1, -0.05) is 31.4 Å². The molecule has 0 radical (unpaired) electrons. The van der Waals surface area contributed by atoms with E-state index in [0.717, 1.165) is 12.2 Å². The zero-order valence-corrected chi connectivity index (χ0v) is 17.4. The molecule has 148 valence electrons. The SMILES string of the molecule is Cc1cc(CN[C@H](C)c2ccc(-n3ccnc3)cc2)c(C)n1C1CCCCC1. The van der Waals surface area contributed by atoms with E-state index in [1.807, 2.05) is 23.3 Å². The first kappa shape index (κ1) is 19.0. The van der Waals surface area contributed by atoms with Gasteiger partial charge in [0, 0.05) is 48.1 Å². The summed E-state index contributed by atoms with van der Waals surface area (Å²) in [5, 5.41) is 3.72. The predicted octanol–water partition coefficient (Wildman–Crippen LogP) is 5.65. The fourth-order valence-electron chi connectivity index (χ4n) is 4.65. The summed E-state index contributed by atoms with van der Waals surface area (Å²) in [5.74, 6) is 0. The molecule has 1 aliphatic rings. The molecular formula is C24H32N4. The lowest BCUT2D eigenvalue weighted by Crippen LogP contribution is -2.19. The molecule has 2 heterocycles. The highest BCUT2D eigenvalue weighted by molar-refractivity contribution is 5.35. The molecule has 2 aromatic heterocycles. The normalized spacial score (nSPS) is 16.4. The van der Waals surface area contributed by atoms with Crippen LogP contribution in [0.15, 0.2) is 49.1 Å². The summed E-state index contributed by atoms with van der Waals surface area (Å²) in [5.41, 5.74) is 6.75. The lowest BCUT2D eigenvalue weighted by Gasteiger charge is -2.26. The number of aromatic nitrogens is 3. The van der Waals surface area contributed by atoms with Gasteiger partial charge in [0.15, 0.2) is 0 Å². The number of hydrogen-bond acceptors (Lipinski definition) is 2. The first-order valence-corrected chi connectivity index (χ1v) is 10.6. The minimum Gasteiger partial charge on any atom is -0.346 e. The molecule has 4 heteroatoms. The highest BCUT2D eigenvalue weighted by Crippen LogP contribution is 2.32. The Kier molecular flexibility index (Phi) is 5.67. The van der Waals surface area contributed by atoms with Gasteiger partial charge in [-0.3, -0.25) is 0 Å². The Morgan fingerprint density at radius 2 is 1.86 bits per heavy atom. The Bertz CT molecular complexity index is 884. The fraction of sp³-hybridized carbons (Fsp3) is 0.458. The van der Waals surface area contributed by atoms with E-state index in [4.69, 9.17) is 0 Å². The highest BCUT2D eigenvalue weighted by atomic mass is 15.0. The molecule has 28 heavy (non-hydrogen) atoms. The summed E-state index contributed by atoms with van der Waals surface area (Å²) in [7, 11) is 0. The second-order valence-corrected chi connectivity index (χ2v) is 8.22. The third kappa shape index (κ3) is 3.93. The molecule has 0 amide bonds. The summed E-state index contributed by atoms with van der Waals surface area (Å²) in [6, 6.07) is 12.1. The zero-order valence-electron chi connectivity index (χ0n) is 17.4. The monoisotopic (exact) mass is 376 g/mol. The maximum absolute atomic E-state index is 4.12. The predicted molar refractivity (Wildman–Crippen MR) is 115 cm³/mol. The van der Waals surface area contributed by atoms with Crippen LogP contribution in [0, 0.1) is 13.8 Å². The van der Waals surface area contributed by atoms with Crippen LogP contribution >= 0.6 is 0 Å². The third-order valence-electron chi connectivity index (χ3n) is 6.32. The second-order valence-electron chi connectivity index (χ2n) is 8.22. The largest absolute Gasteiger partial charge is 0.346 e. The summed E-state index contributed by atoms with van der Waals surface area (Å²) in [4.78, 5) is 4.12. The van der Waals surface area contributed by atoms with Gasteiger partial charge in [0.1, 0.15) is 0 Å². The van der Waals surface area contributed by atoms with E-state index in [1.165, 1.54) is 54.6 Å². The fourth-order valence-corrected chi connectivity index (χ4v) is 4.65. The van der Waals surface area contributed by atoms with E-state index in [-0.39, 0.29) is 0 Å². The molecule has 1 saturated carbocycles. The van der Waals surface area contributed by atoms with Gasteiger partial charge >= 0.3 is 0 Å². The van der Waals surface area contributed by atoms with Crippen LogP contribution in [0.1, 0.15) is 73.6 Å². The smallest absolute Gasteiger partial charge is 0.0991 e. The molecule has 0 saturated heterocycles. The molecule has 1 N–H and O–H groups in total. The maximum Gasteiger partial charge on any atom is 0.0991 e. The van der Waals surface area contributed by atoms with Crippen molar-refractivity contribution < 1.29 is 0 Å². The van der Waals surface area contributed by atoms with Crippen LogP contribution in [0.4, 0.5) is 0 Å². The molecule has 1 fully saturated rings. The highest BCUT2D eigenvalue weighted by Gasteiger charge is 2.20. The zero-order chi connectivity index (χ0) is 19.5. The Hall–Kier alpha value is -2.33. The van der Waals surface area contributed by atoms with Gasteiger partial charge in [0.25, 0.3) is 0 Å². The van der Waals surface area contributed by atoms with E-state index in [1.54, 1.807) is 0 Å². The summed E-state index contributed by atoms with van der Waals surface area (Å²) < 4.78 is 4.63. The van der Waals surface area contributed by atoms with E-state index in [2.05, 4.69) is 66.0 Å². The Balaban J connectivity index is 1.41. The van der Waals surface area contributed by atoms with Gasteiger partial charge in [-0.05, 0) is 62.9 Å². The number of aryl methyl sites for hydroxylation is 1. The minimum atomic E-state index is 0.314. The average Bonchev–Trinajstić information content (AvgIpc) is 3.35. The number of nitrogens with zero attached hydrogens (tertiary/aromatic N) is 3. The van der Waals surface area contributed by atoms with E-state index in [0.29, 0.717) is 12.1 Å². The molecule has 4 rings (SSSR count). The summed E-state index contributed by atoms with van der Waals surface area (Å²) >= 11 is 0. The number of hydrogen-bond donors (Lipinski definition) is 1. The van der Waals surface area contributed by atoms with Crippen molar-refractivity contribution >= 4 is 0 Å². The van der Waals surface area contributed by atoms with Gasteiger partial charge in [0.05, 0.1) is 6.33 Å². The van der Waals surface area contributed by atoms with Crippen molar-refractivity contribution in [2.75, 3.05) is 0 Å². The molecule has 0 unspecified atom stereocenters.